The molecule has 176 valence electrons. The number of anilines is 1. The van der Waals surface area contributed by atoms with E-state index in [0.717, 1.165) is 54.0 Å². The highest BCUT2D eigenvalue weighted by molar-refractivity contribution is 5.93. The van der Waals surface area contributed by atoms with Gasteiger partial charge in [-0.15, -0.1) is 0 Å². The van der Waals surface area contributed by atoms with Crippen LogP contribution in [0.15, 0.2) is 48.7 Å². The molecule has 6 nitrogen and oxygen atoms in total. The number of aryl methyl sites for hydroxylation is 1. The summed E-state index contributed by atoms with van der Waals surface area (Å²) in [5, 5.41) is 16.0. The third-order valence-electron chi connectivity index (χ3n) is 6.12. The maximum absolute atomic E-state index is 13.2. The van der Waals surface area contributed by atoms with Crippen molar-refractivity contribution in [2.75, 3.05) is 25.1 Å². The molecule has 0 unspecified atom stereocenters. The second kappa shape index (κ2) is 8.23. The first-order chi connectivity index (χ1) is 16.2. The third kappa shape index (κ3) is 4.02. The highest BCUT2D eigenvalue weighted by Gasteiger charge is 2.32. The molecule has 0 bridgehead atoms. The van der Waals surface area contributed by atoms with Gasteiger partial charge in [0.15, 0.2) is 5.65 Å². The summed E-state index contributed by atoms with van der Waals surface area (Å²) in [6.45, 7) is 3.82. The predicted molar refractivity (Wildman–Crippen MR) is 123 cm³/mol. The molecule has 0 aliphatic carbocycles. The van der Waals surface area contributed by atoms with Gasteiger partial charge in [0.25, 0.3) is 0 Å². The third-order valence-corrected chi connectivity index (χ3v) is 6.12. The minimum atomic E-state index is -4.54. The summed E-state index contributed by atoms with van der Waals surface area (Å²) < 4.78 is 46.6. The molecule has 1 fully saturated rings. The van der Waals surface area contributed by atoms with Crippen LogP contribution in [0, 0.1) is 6.92 Å². The van der Waals surface area contributed by atoms with E-state index in [0.29, 0.717) is 23.4 Å². The number of methoxy groups -OCH3 is 1. The fourth-order valence-electron chi connectivity index (χ4n) is 4.24. The fraction of sp³-hybridized carbons (Fsp3) is 0.280. The molecule has 5 rings (SSSR count). The van der Waals surface area contributed by atoms with Gasteiger partial charge in [0.2, 0.25) is 0 Å². The molecule has 0 saturated carbocycles. The highest BCUT2D eigenvalue weighted by Crippen LogP contribution is 2.41. The van der Waals surface area contributed by atoms with Gasteiger partial charge < -0.3 is 14.7 Å². The minimum Gasteiger partial charge on any atom is -0.507 e. The second-order valence-corrected chi connectivity index (χ2v) is 8.46. The van der Waals surface area contributed by atoms with Gasteiger partial charge in [0, 0.05) is 24.8 Å². The van der Waals surface area contributed by atoms with Crippen LogP contribution in [0.25, 0.3) is 22.3 Å². The number of aromatic nitrogens is 3. The SMILES string of the molecule is COc1ccc(Cn2cc3c(N4CCC4)cc(-c4c(C)cc(C(F)(F)F)cc4O)nc3n2)cc1. The van der Waals surface area contributed by atoms with E-state index in [1.165, 1.54) is 0 Å². The Bertz CT molecular complexity index is 1340. The van der Waals surface area contributed by atoms with Gasteiger partial charge in [-0.05, 0) is 54.8 Å². The summed E-state index contributed by atoms with van der Waals surface area (Å²) in [7, 11) is 1.62. The molecule has 4 aromatic rings. The molecule has 9 heteroatoms. The fourth-order valence-corrected chi connectivity index (χ4v) is 4.24. The number of benzene rings is 2. The number of fused-ring (bicyclic) bond motifs is 1. The minimum absolute atomic E-state index is 0.279. The first-order valence-electron chi connectivity index (χ1n) is 10.9. The Hall–Kier alpha value is -3.75. The predicted octanol–water partition coefficient (Wildman–Crippen LogP) is 5.40. The van der Waals surface area contributed by atoms with E-state index >= 15 is 0 Å². The van der Waals surface area contributed by atoms with Gasteiger partial charge in [0.1, 0.15) is 11.5 Å². The smallest absolute Gasteiger partial charge is 0.416 e. The van der Waals surface area contributed by atoms with Crippen molar-refractivity contribution in [2.45, 2.75) is 26.1 Å². The number of hydrogen-bond donors (Lipinski definition) is 1. The number of hydrogen-bond acceptors (Lipinski definition) is 5. The number of pyridine rings is 1. The molecule has 0 atom stereocenters. The number of phenols is 1. The van der Waals surface area contributed by atoms with Gasteiger partial charge in [-0.1, -0.05) is 12.1 Å². The Labute approximate surface area is 194 Å². The van der Waals surface area contributed by atoms with Crippen LogP contribution < -0.4 is 9.64 Å². The van der Waals surface area contributed by atoms with Crippen molar-refractivity contribution in [2.24, 2.45) is 0 Å². The lowest BCUT2D eigenvalue weighted by molar-refractivity contribution is -0.137. The number of alkyl halides is 3. The number of halogens is 3. The van der Waals surface area contributed by atoms with Gasteiger partial charge >= 0.3 is 6.18 Å². The molecule has 1 aliphatic heterocycles. The van der Waals surface area contributed by atoms with Crippen LogP contribution in [0.5, 0.6) is 11.5 Å². The molecule has 1 saturated heterocycles. The molecule has 0 radical (unpaired) electrons. The van der Waals surface area contributed by atoms with Crippen molar-refractivity contribution in [3.63, 3.8) is 0 Å². The van der Waals surface area contributed by atoms with Gasteiger partial charge in [-0.3, -0.25) is 4.68 Å². The van der Waals surface area contributed by atoms with Gasteiger partial charge in [0.05, 0.1) is 36.0 Å². The molecule has 2 aromatic heterocycles. The summed E-state index contributed by atoms with van der Waals surface area (Å²) in [6.07, 6.45) is -1.55. The average Bonchev–Trinajstić information content (AvgIpc) is 3.14. The Morgan fingerprint density at radius 1 is 1.09 bits per heavy atom. The van der Waals surface area contributed by atoms with Crippen molar-refractivity contribution < 1.29 is 23.0 Å². The maximum Gasteiger partial charge on any atom is 0.416 e. The van der Waals surface area contributed by atoms with Crippen LogP contribution in [-0.2, 0) is 12.7 Å². The van der Waals surface area contributed by atoms with E-state index in [2.05, 4.69) is 15.0 Å². The number of rotatable bonds is 5. The lowest BCUT2D eigenvalue weighted by atomic mass is 9.99. The Morgan fingerprint density at radius 3 is 2.41 bits per heavy atom. The van der Waals surface area contributed by atoms with Crippen LogP contribution in [-0.4, -0.2) is 40.1 Å². The van der Waals surface area contributed by atoms with Crippen molar-refractivity contribution in [3.05, 3.63) is 65.4 Å². The number of aromatic hydroxyl groups is 1. The summed E-state index contributed by atoms with van der Waals surface area (Å²) in [5.74, 6) is 0.318. The van der Waals surface area contributed by atoms with Crippen LogP contribution in [0.4, 0.5) is 18.9 Å². The quantitative estimate of drug-likeness (QED) is 0.425. The Morgan fingerprint density at radius 2 is 1.82 bits per heavy atom. The molecular weight excluding hydrogens is 445 g/mol. The number of phenolic OH excluding ortho intramolecular Hbond substituents is 1. The monoisotopic (exact) mass is 468 g/mol. The Balaban J connectivity index is 1.59. The molecule has 1 aliphatic rings. The standard InChI is InChI=1S/C25H23F3N4O2/c1-15-10-17(25(26,27)28)11-22(33)23(15)20-12-21(31-8-3-9-31)19-14-32(30-24(19)29-20)13-16-4-6-18(34-2)7-5-16/h4-7,10-12,14,33H,3,8-9,13H2,1-2H3. The number of ether oxygens (including phenoxy) is 1. The lowest BCUT2D eigenvalue weighted by Crippen LogP contribution is -2.37. The molecular formula is C25H23F3N4O2. The maximum atomic E-state index is 13.2. The van der Waals surface area contributed by atoms with E-state index in [1.807, 2.05) is 36.5 Å². The van der Waals surface area contributed by atoms with Crippen molar-refractivity contribution in [1.29, 1.82) is 0 Å². The molecule has 2 aromatic carbocycles. The number of nitrogens with zero attached hydrogens (tertiary/aromatic N) is 4. The van der Waals surface area contributed by atoms with Gasteiger partial charge in [-0.2, -0.15) is 18.3 Å². The van der Waals surface area contributed by atoms with E-state index in [4.69, 9.17) is 4.74 Å². The largest absolute Gasteiger partial charge is 0.507 e. The summed E-state index contributed by atoms with van der Waals surface area (Å²) in [4.78, 5) is 6.81. The van der Waals surface area contributed by atoms with Crippen LogP contribution in [0.2, 0.25) is 0 Å². The van der Waals surface area contributed by atoms with E-state index in [9.17, 15) is 18.3 Å². The summed E-state index contributed by atoms with van der Waals surface area (Å²) in [6, 6.07) is 11.3. The zero-order valence-corrected chi connectivity index (χ0v) is 18.7. The van der Waals surface area contributed by atoms with E-state index in [-0.39, 0.29) is 5.56 Å². The lowest BCUT2D eigenvalue weighted by Gasteiger charge is -2.33. The van der Waals surface area contributed by atoms with E-state index < -0.39 is 17.5 Å². The van der Waals surface area contributed by atoms with Crippen LogP contribution >= 0.6 is 0 Å². The van der Waals surface area contributed by atoms with E-state index in [1.54, 1.807) is 18.7 Å². The molecule has 0 spiro atoms. The average molecular weight is 468 g/mol. The summed E-state index contributed by atoms with van der Waals surface area (Å²) in [5.41, 5.74) is 2.51. The molecule has 34 heavy (non-hydrogen) atoms. The first-order valence-corrected chi connectivity index (χ1v) is 10.9. The Kier molecular flexibility index (Phi) is 5.34. The second-order valence-electron chi connectivity index (χ2n) is 8.46. The van der Waals surface area contributed by atoms with Crippen molar-refractivity contribution in [3.8, 4) is 22.8 Å². The highest BCUT2D eigenvalue weighted by atomic mass is 19.4. The van der Waals surface area contributed by atoms with Crippen LogP contribution in [0.1, 0.15) is 23.1 Å². The first kappa shape index (κ1) is 22.1. The zero-order chi connectivity index (χ0) is 24.0. The van der Waals surface area contributed by atoms with Gasteiger partial charge in [-0.25, -0.2) is 4.98 Å². The molecule has 0 amide bonds. The normalized spacial score (nSPS) is 13.9. The van der Waals surface area contributed by atoms with Crippen molar-refractivity contribution in [1.82, 2.24) is 14.8 Å². The topological polar surface area (TPSA) is 63.4 Å². The molecule has 1 N–H and O–H groups in total. The van der Waals surface area contributed by atoms with Crippen molar-refractivity contribution >= 4 is 16.7 Å². The van der Waals surface area contributed by atoms with Crippen LogP contribution in [0.3, 0.4) is 0 Å². The molecule has 3 heterocycles. The summed E-state index contributed by atoms with van der Waals surface area (Å²) >= 11 is 0. The zero-order valence-electron chi connectivity index (χ0n) is 18.7.